The Morgan fingerprint density at radius 2 is 1.47 bits per heavy atom. The number of nitrogens with zero attached hydrogens (tertiary/aromatic N) is 3. The number of hydrogen-bond donors (Lipinski definition) is 0. The SMILES string of the molecule is CCn1c(SCCCC(=O)N(C)CCc2ccc(OC)c(OC)c2)nc(-c2ccc(OC)cc2)c1-c1ccc(OC)cc1. The van der Waals surface area contributed by atoms with E-state index in [0.717, 1.165) is 69.9 Å². The summed E-state index contributed by atoms with van der Waals surface area (Å²) < 4.78 is 23.7. The van der Waals surface area contributed by atoms with E-state index in [1.807, 2.05) is 61.6 Å². The van der Waals surface area contributed by atoms with Crippen molar-refractivity contribution in [2.75, 3.05) is 47.8 Å². The second-order valence-corrected chi connectivity index (χ2v) is 11.1. The highest BCUT2D eigenvalue weighted by atomic mass is 32.2. The molecule has 3 aromatic carbocycles. The van der Waals surface area contributed by atoms with Gasteiger partial charge >= 0.3 is 0 Å². The van der Waals surface area contributed by atoms with Gasteiger partial charge in [0.05, 0.1) is 39.8 Å². The minimum Gasteiger partial charge on any atom is -0.497 e. The molecular formula is C34H41N3O5S. The Labute approximate surface area is 258 Å². The molecule has 0 bridgehead atoms. The molecule has 9 heteroatoms. The number of imidazole rings is 1. The van der Waals surface area contributed by atoms with E-state index in [1.54, 1.807) is 45.1 Å². The minimum absolute atomic E-state index is 0.137. The van der Waals surface area contributed by atoms with E-state index in [9.17, 15) is 4.79 Å². The van der Waals surface area contributed by atoms with Crippen LogP contribution in [0.3, 0.4) is 0 Å². The van der Waals surface area contributed by atoms with Gasteiger partial charge < -0.3 is 28.4 Å². The molecule has 0 aliphatic heterocycles. The summed E-state index contributed by atoms with van der Waals surface area (Å²) in [6.45, 7) is 3.54. The van der Waals surface area contributed by atoms with Gasteiger partial charge in [-0.1, -0.05) is 17.8 Å². The lowest BCUT2D eigenvalue weighted by molar-refractivity contribution is -0.129. The molecule has 0 aliphatic carbocycles. The van der Waals surface area contributed by atoms with Crippen LogP contribution in [0.4, 0.5) is 0 Å². The van der Waals surface area contributed by atoms with E-state index in [2.05, 4.69) is 23.6 Å². The Bertz CT molecular complexity index is 1490. The first kappa shape index (κ1) is 31.8. The van der Waals surface area contributed by atoms with E-state index >= 15 is 0 Å². The smallest absolute Gasteiger partial charge is 0.222 e. The molecular weight excluding hydrogens is 562 g/mol. The molecule has 43 heavy (non-hydrogen) atoms. The quantitative estimate of drug-likeness (QED) is 0.109. The van der Waals surface area contributed by atoms with Gasteiger partial charge in [-0.3, -0.25) is 4.79 Å². The molecule has 0 fully saturated rings. The molecule has 1 heterocycles. The van der Waals surface area contributed by atoms with Crippen LogP contribution in [0.25, 0.3) is 22.5 Å². The molecule has 1 aromatic heterocycles. The summed E-state index contributed by atoms with van der Waals surface area (Å²) in [6, 6.07) is 21.9. The molecule has 0 radical (unpaired) electrons. The highest BCUT2D eigenvalue weighted by molar-refractivity contribution is 7.99. The average molecular weight is 604 g/mol. The van der Waals surface area contributed by atoms with Gasteiger partial charge in [-0.25, -0.2) is 4.98 Å². The fourth-order valence-electron chi connectivity index (χ4n) is 4.86. The van der Waals surface area contributed by atoms with E-state index in [0.29, 0.717) is 24.5 Å². The number of thioether (sulfide) groups is 1. The summed E-state index contributed by atoms with van der Waals surface area (Å²) in [6.07, 6.45) is 1.99. The topological polar surface area (TPSA) is 75.1 Å². The first-order valence-electron chi connectivity index (χ1n) is 14.4. The number of likely N-dealkylation sites (N-methyl/N-ethyl adjacent to an activating group) is 1. The van der Waals surface area contributed by atoms with Crippen molar-refractivity contribution < 1.29 is 23.7 Å². The third-order valence-electron chi connectivity index (χ3n) is 7.35. The molecule has 0 saturated carbocycles. The Kier molecular flexibility index (Phi) is 11.4. The first-order valence-corrected chi connectivity index (χ1v) is 15.4. The van der Waals surface area contributed by atoms with E-state index < -0.39 is 0 Å². The fraction of sp³-hybridized carbons (Fsp3) is 0.353. The number of carbonyl (C=O) groups excluding carboxylic acids is 1. The van der Waals surface area contributed by atoms with Crippen molar-refractivity contribution in [2.24, 2.45) is 0 Å². The monoisotopic (exact) mass is 603 g/mol. The number of ether oxygens (including phenoxy) is 4. The highest BCUT2D eigenvalue weighted by Gasteiger charge is 2.20. The lowest BCUT2D eigenvalue weighted by atomic mass is 10.0. The Morgan fingerprint density at radius 1 is 0.837 bits per heavy atom. The second-order valence-electron chi connectivity index (χ2n) is 10.00. The third-order valence-corrected chi connectivity index (χ3v) is 8.41. The lowest BCUT2D eigenvalue weighted by Crippen LogP contribution is -2.28. The van der Waals surface area contributed by atoms with Crippen LogP contribution in [0, 0.1) is 0 Å². The van der Waals surface area contributed by atoms with Crippen molar-refractivity contribution in [3.8, 4) is 45.5 Å². The van der Waals surface area contributed by atoms with Gasteiger partial charge in [0.2, 0.25) is 5.91 Å². The van der Waals surface area contributed by atoms with Crippen molar-refractivity contribution in [1.82, 2.24) is 14.5 Å². The number of hydrogen-bond acceptors (Lipinski definition) is 7. The molecule has 0 N–H and O–H groups in total. The van der Waals surface area contributed by atoms with Gasteiger partial charge in [-0.05, 0) is 86.0 Å². The number of methoxy groups -OCH3 is 4. The highest BCUT2D eigenvalue weighted by Crippen LogP contribution is 2.37. The minimum atomic E-state index is 0.137. The molecule has 0 spiro atoms. The van der Waals surface area contributed by atoms with Crippen molar-refractivity contribution in [3.05, 3.63) is 72.3 Å². The second kappa shape index (κ2) is 15.4. The van der Waals surface area contributed by atoms with E-state index in [1.165, 1.54) is 0 Å². The number of amides is 1. The maximum absolute atomic E-state index is 12.9. The average Bonchev–Trinajstić information content (AvgIpc) is 3.43. The van der Waals surface area contributed by atoms with Crippen LogP contribution in [-0.4, -0.2) is 68.1 Å². The zero-order valence-corrected chi connectivity index (χ0v) is 26.7. The molecule has 228 valence electrons. The Morgan fingerprint density at radius 3 is 2.05 bits per heavy atom. The molecule has 0 aliphatic rings. The van der Waals surface area contributed by atoms with E-state index in [4.69, 9.17) is 23.9 Å². The van der Waals surface area contributed by atoms with Gasteiger partial charge in [-0.2, -0.15) is 0 Å². The summed E-state index contributed by atoms with van der Waals surface area (Å²) in [7, 11) is 8.45. The molecule has 0 saturated heterocycles. The summed E-state index contributed by atoms with van der Waals surface area (Å²) in [5, 5.41) is 0.938. The van der Waals surface area contributed by atoms with Crippen LogP contribution in [0.15, 0.2) is 71.9 Å². The van der Waals surface area contributed by atoms with Gasteiger partial charge in [0, 0.05) is 43.4 Å². The third kappa shape index (κ3) is 7.84. The normalized spacial score (nSPS) is 10.8. The zero-order valence-electron chi connectivity index (χ0n) is 25.9. The molecule has 0 atom stereocenters. The van der Waals surface area contributed by atoms with Gasteiger partial charge in [-0.15, -0.1) is 0 Å². The molecule has 4 rings (SSSR count). The number of rotatable bonds is 15. The number of carbonyl (C=O) groups is 1. The van der Waals surface area contributed by atoms with Gasteiger partial charge in [0.25, 0.3) is 0 Å². The van der Waals surface area contributed by atoms with Crippen LogP contribution in [-0.2, 0) is 17.8 Å². The maximum atomic E-state index is 12.9. The van der Waals surface area contributed by atoms with Crippen molar-refractivity contribution in [3.63, 3.8) is 0 Å². The summed E-state index contributed by atoms with van der Waals surface area (Å²) in [4.78, 5) is 19.8. The molecule has 8 nitrogen and oxygen atoms in total. The Hall–Kier alpha value is -4.11. The van der Waals surface area contributed by atoms with Crippen molar-refractivity contribution >= 4 is 17.7 Å². The molecule has 0 unspecified atom stereocenters. The largest absolute Gasteiger partial charge is 0.497 e. The zero-order chi connectivity index (χ0) is 30.8. The van der Waals surface area contributed by atoms with Crippen LogP contribution in [0.1, 0.15) is 25.3 Å². The predicted molar refractivity (Wildman–Crippen MR) is 173 cm³/mol. The number of benzene rings is 3. The summed E-state index contributed by atoms with van der Waals surface area (Å²) >= 11 is 1.69. The predicted octanol–water partition coefficient (Wildman–Crippen LogP) is 6.84. The molecule has 4 aromatic rings. The van der Waals surface area contributed by atoms with E-state index in [-0.39, 0.29) is 5.91 Å². The van der Waals surface area contributed by atoms with Crippen LogP contribution in [0.2, 0.25) is 0 Å². The summed E-state index contributed by atoms with van der Waals surface area (Å²) in [5.41, 5.74) is 5.16. The van der Waals surface area contributed by atoms with Crippen LogP contribution < -0.4 is 18.9 Å². The number of aromatic nitrogens is 2. The van der Waals surface area contributed by atoms with Gasteiger partial charge in [0.15, 0.2) is 16.7 Å². The fourth-order valence-corrected chi connectivity index (χ4v) is 5.87. The lowest BCUT2D eigenvalue weighted by Gasteiger charge is -2.18. The maximum Gasteiger partial charge on any atom is 0.222 e. The van der Waals surface area contributed by atoms with Crippen molar-refractivity contribution in [1.29, 1.82) is 0 Å². The Balaban J connectivity index is 1.42. The summed E-state index contributed by atoms with van der Waals surface area (Å²) in [5.74, 6) is 3.93. The molecule has 1 amide bonds. The van der Waals surface area contributed by atoms with Crippen molar-refractivity contribution in [2.45, 2.75) is 37.9 Å². The van der Waals surface area contributed by atoms with Gasteiger partial charge in [0.1, 0.15) is 11.5 Å². The standard InChI is InChI=1S/C34H41N3O5S/c1-7-37-33(26-13-17-28(40-4)18-14-26)32(25-11-15-27(39-3)16-12-25)35-34(37)43-22-8-9-31(38)36(2)21-20-24-10-19-29(41-5)30(23-24)42-6/h10-19,23H,7-9,20-22H2,1-6H3. The van der Waals surface area contributed by atoms with Crippen LogP contribution in [0.5, 0.6) is 23.0 Å². The van der Waals surface area contributed by atoms with Crippen LogP contribution >= 0.6 is 11.8 Å². The first-order chi connectivity index (χ1) is 20.9.